The number of nitrogens with zero attached hydrogens (tertiary/aromatic N) is 1. The Morgan fingerprint density at radius 1 is 1.14 bits per heavy atom. The van der Waals surface area contributed by atoms with Crippen molar-refractivity contribution in [3.63, 3.8) is 0 Å². The molecule has 28 heavy (non-hydrogen) atoms. The SMILES string of the molecule is CCOc1c(Cl)cccc1NC(=O)c1sc(COc2ccc(Cl)cc2)nc1C. The van der Waals surface area contributed by atoms with E-state index in [1.807, 2.05) is 6.92 Å². The van der Waals surface area contributed by atoms with E-state index in [2.05, 4.69) is 10.3 Å². The molecule has 0 fully saturated rings. The summed E-state index contributed by atoms with van der Waals surface area (Å²) in [6, 6.07) is 12.3. The molecule has 1 N–H and O–H groups in total. The molecule has 0 aliphatic heterocycles. The monoisotopic (exact) mass is 436 g/mol. The van der Waals surface area contributed by atoms with Crippen LogP contribution in [0.3, 0.4) is 0 Å². The van der Waals surface area contributed by atoms with Gasteiger partial charge in [-0.15, -0.1) is 11.3 Å². The highest BCUT2D eigenvalue weighted by Crippen LogP contribution is 2.33. The Morgan fingerprint density at radius 3 is 2.61 bits per heavy atom. The molecule has 2 aromatic carbocycles. The molecule has 0 aliphatic carbocycles. The minimum absolute atomic E-state index is 0.266. The van der Waals surface area contributed by atoms with E-state index in [9.17, 15) is 4.79 Å². The molecule has 146 valence electrons. The molecule has 0 atom stereocenters. The first-order chi connectivity index (χ1) is 13.5. The maximum absolute atomic E-state index is 12.7. The predicted molar refractivity (Wildman–Crippen MR) is 113 cm³/mol. The number of anilines is 1. The Hall–Kier alpha value is -2.28. The number of ether oxygens (including phenoxy) is 2. The van der Waals surface area contributed by atoms with Crippen LogP contribution in [0.1, 0.15) is 27.3 Å². The standard InChI is InChI=1S/C20H18Cl2N2O3S/c1-3-26-18-15(22)5-4-6-16(18)24-20(25)19-12(2)23-17(28-19)11-27-14-9-7-13(21)8-10-14/h4-10H,3,11H2,1-2H3,(H,24,25). The lowest BCUT2D eigenvalue weighted by Gasteiger charge is -2.12. The molecule has 0 spiro atoms. The zero-order chi connectivity index (χ0) is 20.1. The zero-order valence-corrected chi connectivity index (χ0v) is 17.6. The fourth-order valence-corrected chi connectivity index (χ4v) is 3.71. The second-order valence-corrected chi connectivity index (χ2v) is 7.70. The molecule has 3 aromatic rings. The summed E-state index contributed by atoms with van der Waals surface area (Å²) in [6.45, 7) is 4.36. The quantitative estimate of drug-likeness (QED) is 0.493. The summed E-state index contributed by atoms with van der Waals surface area (Å²) in [5.41, 5.74) is 1.16. The maximum Gasteiger partial charge on any atom is 0.267 e. The number of hydrogen-bond acceptors (Lipinski definition) is 5. The number of benzene rings is 2. The molecule has 5 nitrogen and oxygen atoms in total. The molecule has 8 heteroatoms. The van der Waals surface area contributed by atoms with E-state index in [1.165, 1.54) is 11.3 Å². The van der Waals surface area contributed by atoms with Crippen LogP contribution in [-0.4, -0.2) is 17.5 Å². The first-order valence-corrected chi connectivity index (χ1v) is 10.1. The number of aryl methyl sites for hydroxylation is 1. The van der Waals surface area contributed by atoms with Gasteiger partial charge in [0.1, 0.15) is 22.2 Å². The Balaban J connectivity index is 1.71. The molecule has 0 aliphatic rings. The Labute approximate surface area is 177 Å². The van der Waals surface area contributed by atoms with Gasteiger partial charge in [0.2, 0.25) is 0 Å². The van der Waals surface area contributed by atoms with E-state index in [0.29, 0.717) is 49.4 Å². The lowest BCUT2D eigenvalue weighted by atomic mass is 10.2. The van der Waals surface area contributed by atoms with Gasteiger partial charge in [0.05, 0.1) is 23.0 Å². The van der Waals surface area contributed by atoms with Crippen LogP contribution >= 0.6 is 34.5 Å². The Kier molecular flexibility index (Phi) is 6.78. The van der Waals surface area contributed by atoms with Gasteiger partial charge >= 0.3 is 0 Å². The van der Waals surface area contributed by atoms with Crippen molar-refractivity contribution in [1.82, 2.24) is 4.98 Å². The predicted octanol–water partition coefficient (Wildman–Crippen LogP) is 5.99. The molecule has 0 saturated heterocycles. The van der Waals surface area contributed by atoms with Gasteiger partial charge in [0.15, 0.2) is 5.75 Å². The smallest absolute Gasteiger partial charge is 0.267 e. The summed E-state index contributed by atoms with van der Waals surface area (Å²) in [7, 11) is 0. The second-order valence-electron chi connectivity index (χ2n) is 5.77. The lowest BCUT2D eigenvalue weighted by Crippen LogP contribution is -2.12. The van der Waals surface area contributed by atoms with Gasteiger partial charge in [-0.3, -0.25) is 4.79 Å². The molecule has 1 amide bonds. The Morgan fingerprint density at radius 2 is 1.89 bits per heavy atom. The molecule has 0 saturated carbocycles. The van der Waals surface area contributed by atoms with Gasteiger partial charge in [-0.2, -0.15) is 0 Å². The molecule has 0 bridgehead atoms. The van der Waals surface area contributed by atoms with Gasteiger partial charge in [0, 0.05) is 5.02 Å². The van der Waals surface area contributed by atoms with Crippen LogP contribution in [0, 0.1) is 6.92 Å². The highest BCUT2D eigenvalue weighted by atomic mass is 35.5. The van der Waals surface area contributed by atoms with Gasteiger partial charge in [-0.1, -0.05) is 29.3 Å². The second kappa shape index (κ2) is 9.28. The van der Waals surface area contributed by atoms with E-state index in [4.69, 9.17) is 32.7 Å². The number of rotatable bonds is 7. The van der Waals surface area contributed by atoms with Crippen molar-refractivity contribution in [3.05, 3.63) is 68.1 Å². The average molecular weight is 437 g/mol. The number of amides is 1. The summed E-state index contributed by atoms with van der Waals surface area (Å²) in [5.74, 6) is 0.869. The molecule has 0 unspecified atom stereocenters. The van der Waals surface area contributed by atoms with Gasteiger partial charge in [-0.05, 0) is 50.2 Å². The number of halogens is 2. The Bertz CT molecular complexity index is 974. The molecular weight excluding hydrogens is 419 g/mol. The van der Waals surface area contributed by atoms with Crippen LogP contribution in [0.15, 0.2) is 42.5 Å². The fourth-order valence-electron chi connectivity index (χ4n) is 2.48. The lowest BCUT2D eigenvalue weighted by molar-refractivity contribution is 0.102. The number of carbonyl (C=O) groups excluding carboxylic acids is 1. The van der Waals surface area contributed by atoms with Crippen LogP contribution in [0.25, 0.3) is 0 Å². The van der Waals surface area contributed by atoms with Gasteiger partial charge in [0.25, 0.3) is 5.91 Å². The minimum atomic E-state index is -0.268. The first kappa shape index (κ1) is 20.5. The number of carbonyl (C=O) groups is 1. The zero-order valence-electron chi connectivity index (χ0n) is 15.3. The van der Waals surface area contributed by atoms with E-state index >= 15 is 0 Å². The normalized spacial score (nSPS) is 10.6. The summed E-state index contributed by atoms with van der Waals surface area (Å²) in [5, 5.41) is 4.64. The molecule has 1 aromatic heterocycles. The van der Waals surface area contributed by atoms with Crippen LogP contribution in [0.5, 0.6) is 11.5 Å². The van der Waals surface area contributed by atoms with Crippen molar-refractivity contribution < 1.29 is 14.3 Å². The highest BCUT2D eigenvalue weighted by Gasteiger charge is 2.18. The van der Waals surface area contributed by atoms with Crippen molar-refractivity contribution in [3.8, 4) is 11.5 Å². The maximum atomic E-state index is 12.7. The number of aromatic nitrogens is 1. The minimum Gasteiger partial charge on any atom is -0.490 e. The third kappa shape index (κ3) is 4.95. The van der Waals surface area contributed by atoms with E-state index in [1.54, 1.807) is 49.4 Å². The van der Waals surface area contributed by atoms with Crippen LogP contribution in [-0.2, 0) is 6.61 Å². The molecule has 1 heterocycles. The first-order valence-electron chi connectivity index (χ1n) is 8.55. The number of nitrogens with one attached hydrogen (secondary N) is 1. The number of thiazole rings is 1. The number of hydrogen-bond donors (Lipinski definition) is 1. The highest BCUT2D eigenvalue weighted by molar-refractivity contribution is 7.13. The van der Waals surface area contributed by atoms with Crippen molar-refractivity contribution >= 4 is 46.1 Å². The van der Waals surface area contributed by atoms with Crippen molar-refractivity contribution in [1.29, 1.82) is 0 Å². The topological polar surface area (TPSA) is 60.5 Å². The van der Waals surface area contributed by atoms with Gasteiger partial charge < -0.3 is 14.8 Å². The van der Waals surface area contributed by atoms with Crippen LogP contribution in [0.4, 0.5) is 5.69 Å². The summed E-state index contributed by atoms with van der Waals surface area (Å²) >= 11 is 13.3. The third-order valence-corrected chi connectivity index (χ3v) is 5.41. The van der Waals surface area contributed by atoms with E-state index in [0.717, 1.165) is 0 Å². The van der Waals surface area contributed by atoms with Crippen molar-refractivity contribution in [2.75, 3.05) is 11.9 Å². The molecular formula is C20H18Cl2N2O3S. The number of para-hydroxylation sites is 1. The van der Waals surface area contributed by atoms with E-state index < -0.39 is 0 Å². The molecule has 3 rings (SSSR count). The average Bonchev–Trinajstić information content (AvgIpc) is 3.05. The van der Waals surface area contributed by atoms with Crippen LogP contribution in [0.2, 0.25) is 10.0 Å². The summed E-state index contributed by atoms with van der Waals surface area (Å²) < 4.78 is 11.2. The summed E-state index contributed by atoms with van der Waals surface area (Å²) in [6.07, 6.45) is 0. The van der Waals surface area contributed by atoms with Crippen molar-refractivity contribution in [2.45, 2.75) is 20.5 Å². The fraction of sp³-hybridized carbons (Fsp3) is 0.200. The van der Waals surface area contributed by atoms with E-state index in [-0.39, 0.29) is 12.5 Å². The van der Waals surface area contributed by atoms with Crippen molar-refractivity contribution in [2.24, 2.45) is 0 Å². The summed E-state index contributed by atoms with van der Waals surface area (Å²) in [4.78, 5) is 17.7. The third-order valence-electron chi connectivity index (χ3n) is 3.73. The largest absolute Gasteiger partial charge is 0.490 e. The van der Waals surface area contributed by atoms with Gasteiger partial charge in [-0.25, -0.2) is 4.98 Å². The van der Waals surface area contributed by atoms with Crippen LogP contribution < -0.4 is 14.8 Å². The molecule has 0 radical (unpaired) electrons.